The number of hydrogen-bond acceptors (Lipinski definition) is 6. The maximum absolute atomic E-state index is 11.7. The van der Waals surface area contributed by atoms with E-state index in [0.29, 0.717) is 5.82 Å². The number of nitrogens with zero attached hydrogens (tertiary/aromatic N) is 2. The van der Waals surface area contributed by atoms with Gasteiger partial charge in [0.1, 0.15) is 17.3 Å². The van der Waals surface area contributed by atoms with Gasteiger partial charge in [-0.05, 0) is 12.1 Å². The van der Waals surface area contributed by atoms with Crippen LogP contribution in [0.4, 0.5) is 5.82 Å². The van der Waals surface area contributed by atoms with Gasteiger partial charge in [0.2, 0.25) is 10.0 Å². The molecule has 0 amide bonds. The van der Waals surface area contributed by atoms with Crippen LogP contribution in [0.3, 0.4) is 0 Å². The van der Waals surface area contributed by atoms with Crippen LogP contribution in [0.2, 0.25) is 0 Å². The molecule has 0 unspecified atom stereocenters. The van der Waals surface area contributed by atoms with Gasteiger partial charge in [0, 0.05) is 20.3 Å². The Hall–Kier alpha value is -1.67. The molecule has 1 aromatic heterocycles. The predicted octanol–water partition coefficient (Wildman–Crippen LogP) is -0.0832. The lowest BCUT2D eigenvalue weighted by molar-refractivity contribution is -0.138. The normalized spacial score (nSPS) is 11.3. The van der Waals surface area contributed by atoms with Crippen molar-refractivity contribution in [3.63, 3.8) is 0 Å². The van der Waals surface area contributed by atoms with Crippen molar-refractivity contribution in [2.45, 2.75) is 4.90 Å². The van der Waals surface area contributed by atoms with Crippen molar-refractivity contribution >= 4 is 21.8 Å². The number of carbonyl (C=O) groups excluding carboxylic acids is 1. The fourth-order valence-corrected chi connectivity index (χ4v) is 1.93. The zero-order chi connectivity index (χ0) is 13.8. The molecule has 1 N–H and O–H groups in total. The molecule has 0 spiro atoms. The highest BCUT2D eigenvalue weighted by molar-refractivity contribution is 7.89. The molecule has 100 valence electrons. The summed E-state index contributed by atoms with van der Waals surface area (Å²) in [4.78, 5) is 14.9. The smallest absolute Gasteiger partial charge is 0.325 e. The predicted molar refractivity (Wildman–Crippen MR) is 65.6 cm³/mol. The first-order valence-electron chi connectivity index (χ1n) is 5.07. The standard InChI is InChI=1S/C10H15N3O4S/c1-13(2)18(15,16)8-4-5-9(11-6-8)12-7-10(14)17-3/h4-6H,7H2,1-3H3,(H,11,12). The number of ether oxygens (including phenoxy) is 1. The first-order valence-corrected chi connectivity index (χ1v) is 6.51. The van der Waals surface area contributed by atoms with E-state index in [2.05, 4.69) is 15.0 Å². The monoisotopic (exact) mass is 273 g/mol. The fourth-order valence-electron chi connectivity index (χ4n) is 1.08. The van der Waals surface area contributed by atoms with Gasteiger partial charge in [-0.3, -0.25) is 4.79 Å². The number of methoxy groups -OCH3 is 1. The van der Waals surface area contributed by atoms with Crippen molar-refractivity contribution in [1.82, 2.24) is 9.29 Å². The summed E-state index contributed by atoms with van der Waals surface area (Å²) in [6, 6.07) is 2.90. The summed E-state index contributed by atoms with van der Waals surface area (Å²) in [7, 11) is 0.690. The van der Waals surface area contributed by atoms with E-state index in [4.69, 9.17) is 0 Å². The number of pyridine rings is 1. The average Bonchev–Trinajstić information content (AvgIpc) is 2.36. The van der Waals surface area contributed by atoms with Crippen LogP contribution in [0.5, 0.6) is 0 Å². The van der Waals surface area contributed by atoms with E-state index in [1.54, 1.807) is 0 Å². The van der Waals surface area contributed by atoms with Crippen molar-refractivity contribution in [3.8, 4) is 0 Å². The molecule has 1 rings (SSSR count). The molecule has 0 saturated heterocycles. The lowest BCUT2D eigenvalue weighted by atomic mass is 10.4. The van der Waals surface area contributed by atoms with E-state index in [1.807, 2.05) is 0 Å². The molecule has 0 aromatic carbocycles. The summed E-state index contributed by atoms with van der Waals surface area (Å²) in [5.41, 5.74) is 0. The van der Waals surface area contributed by atoms with E-state index in [1.165, 1.54) is 39.5 Å². The van der Waals surface area contributed by atoms with Crippen LogP contribution < -0.4 is 5.32 Å². The molecule has 0 fully saturated rings. The Balaban J connectivity index is 2.78. The van der Waals surface area contributed by atoms with Crippen molar-refractivity contribution in [1.29, 1.82) is 0 Å². The third-order valence-corrected chi connectivity index (χ3v) is 3.96. The lowest BCUT2D eigenvalue weighted by Gasteiger charge is -2.11. The second-order valence-corrected chi connectivity index (χ2v) is 5.75. The zero-order valence-electron chi connectivity index (χ0n) is 10.4. The van der Waals surface area contributed by atoms with Gasteiger partial charge in [-0.15, -0.1) is 0 Å². The van der Waals surface area contributed by atoms with Crippen LogP contribution in [0.1, 0.15) is 0 Å². The molecular formula is C10H15N3O4S. The third-order valence-electron chi connectivity index (χ3n) is 2.16. The SMILES string of the molecule is COC(=O)CNc1ccc(S(=O)(=O)N(C)C)cn1. The maximum Gasteiger partial charge on any atom is 0.325 e. The molecule has 0 saturated carbocycles. The van der Waals surface area contributed by atoms with Gasteiger partial charge in [0.25, 0.3) is 0 Å². The Morgan fingerprint density at radius 3 is 2.56 bits per heavy atom. The van der Waals surface area contributed by atoms with Gasteiger partial charge < -0.3 is 10.1 Å². The number of esters is 1. The van der Waals surface area contributed by atoms with Gasteiger partial charge in [-0.2, -0.15) is 0 Å². The van der Waals surface area contributed by atoms with Crippen LogP contribution >= 0.6 is 0 Å². The van der Waals surface area contributed by atoms with Crippen molar-refractivity contribution in [3.05, 3.63) is 18.3 Å². The Bertz CT molecular complexity index is 510. The highest BCUT2D eigenvalue weighted by Crippen LogP contribution is 2.13. The second kappa shape index (κ2) is 5.78. The number of anilines is 1. The molecule has 0 atom stereocenters. The first-order chi connectivity index (χ1) is 8.37. The van der Waals surface area contributed by atoms with Gasteiger partial charge in [0.15, 0.2) is 0 Å². The Labute approximate surface area is 106 Å². The van der Waals surface area contributed by atoms with Crippen LogP contribution in [-0.4, -0.2) is 51.4 Å². The summed E-state index contributed by atoms with van der Waals surface area (Å²) < 4.78 is 29.0. The number of aromatic nitrogens is 1. The summed E-state index contributed by atoms with van der Waals surface area (Å²) in [5.74, 6) is -0.0279. The summed E-state index contributed by atoms with van der Waals surface area (Å²) in [6.07, 6.45) is 1.23. The molecule has 0 bridgehead atoms. The number of rotatable bonds is 5. The topological polar surface area (TPSA) is 88.6 Å². The molecule has 1 heterocycles. The molecule has 0 radical (unpaired) electrons. The summed E-state index contributed by atoms with van der Waals surface area (Å²) >= 11 is 0. The maximum atomic E-state index is 11.7. The molecule has 1 aromatic rings. The third kappa shape index (κ3) is 3.41. The highest BCUT2D eigenvalue weighted by atomic mass is 32.2. The van der Waals surface area contributed by atoms with Crippen LogP contribution in [-0.2, 0) is 19.6 Å². The van der Waals surface area contributed by atoms with Crippen LogP contribution in [0.25, 0.3) is 0 Å². The molecule has 0 aliphatic heterocycles. The summed E-state index contributed by atoms with van der Waals surface area (Å²) in [6.45, 7) is -0.0245. The minimum atomic E-state index is -3.48. The molecule has 18 heavy (non-hydrogen) atoms. The van der Waals surface area contributed by atoms with E-state index in [0.717, 1.165) is 4.31 Å². The van der Waals surface area contributed by atoms with E-state index in [9.17, 15) is 13.2 Å². The molecule has 0 aliphatic carbocycles. The summed E-state index contributed by atoms with van der Waals surface area (Å²) in [5, 5.41) is 2.71. The van der Waals surface area contributed by atoms with Gasteiger partial charge in [-0.25, -0.2) is 17.7 Å². The molecule has 7 nitrogen and oxygen atoms in total. The number of carbonyl (C=O) groups is 1. The van der Waals surface area contributed by atoms with Crippen molar-refractivity contribution < 1.29 is 17.9 Å². The first kappa shape index (κ1) is 14.4. The Morgan fingerprint density at radius 2 is 2.11 bits per heavy atom. The average molecular weight is 273 g/mol. The Kier molecular flexibility index (Phi) is 4.62. The Morgan fingerprint density at radius 1 is 1.44 bits per heavy atom. The number of hydrogen-bond donors (Lipinski definition) is 1. The van der Waals surface area contributed by atoms with E-state index in [-0.39, 0.29) is 11.4 Å². The van der Waals surface area contributed by atoms with Crippen molar-refractivity contribution in [2.24, 2.45) is 0 Å². The molecular weight excluding hydrogens is 258 g/mol. The van der Waals surface area contributed by atoms with E-state index < -0.39 is 16.0 Å². The van der Waals surface area contributed by atoms with Gasteiger partial charge in [0.05, 0.1) is 7.11 Å². The lowest BCUT2D eigenvalue weighted by Crippen LogP contribution is -2.22. The van der Waals surface area contributed by atoms with Crippen molar-refractivity contribution in [2.75, 3.05) is 33.1 Å². The minimum absolute atomic E-state index is 0.0245. The largest absolute Gasteiger partial charge is 0.468 e. The zero-order valence-corrected chi connectivity index (χ0v) is 11.2. The van der Waals surface area contributed by atoms with Crippen LogP contribution in [0.15, 0.2) is 23.2 Å². The number of sulfonamides is 1. The van der Waals surface area contributed by atoms with Gasteiger partial charge >= 0.3 is 5.97 Å². The van der Waals surface area contributed by atoms with E-state index >= 15 is 0 Å². The quantitative estimate of drug-likeness (QED) is 0.755. The van der Waals surface area contributed by atoms with Crippen LogP contribution in [0, 0.1) is 0 Å². The fraction of sp³-hybridized carbons (Fsp3) is 0.400. The molecule has 0 aliphatic rings. The van der Waals surface area contributed by atoms with Gasteiger partial charge in [-0.1, -0.05) is 0 Å². The highest BCUT2D eigenvalue weighted by Gasteiger charge is 2.17. The minimum Gasteiger partial charge on any atom is -0.468 e. The molecule has 8 heteroatoms. The second-order valence-electron chi connectivity index (χ2n) is 3.60. The number of nitrogens with one attached hydrogen (secondary N) is 1.